The molecule has 38 heavy (non-hydrogen) atoms. The number of nitrogens with one attached hydrogen (secondary N) is 1. The van der Waals surface area contributed by atoms with Crippen LogP contribution in [0.2, 0.25) is 0 Å². The van der Waals surface area contributed by atoms with Crippen LogP contribution in [-0.2, 0) is 22.4 Å². The molecule has 1 saturated carbocycles. The van der Waals surface area contributed by atoms with Gasteiger partial charge in [0.25, 0.3) is 5.92 Å². The number of hydrazine groups is 1. The zero-order valence-electron chi connectivity index (χ0n) is 21.1. The number of nitrogens with two attached hydrogens (primary N) is 2. The number of carbonyl (C=O) groups excluding carboxylic acids is 1. The van der Waals surface area contributed by atoms with Gasteiger partial charge in [0.2, 0.25) is 0 Å². The van der Waals surface area contributed by atoms with E-state index >= 15 is 0 Å². The minimum atomic E-state index is -2.58. The summed E-state index contributed by atoms with van der Waals surface area (Å²) in [5.41, 5.74) is 6.71. The predicted molar refractivity (Wildman–Crippen MR) is 133 cm³/mol. The summed E-state index contributed by atoms with van der Waals surface area (Å²) in [5, 5.41) is 20.1. The normalized spacial score (nSPS) is 15.4. The Balaban J connectivity index is 0.000000272. The molecular weight excluding hydrogens is 507 g/mol. The van der Waals surface area contributed by atoms with Crippen LogP contribution in [-0.4, -0.2) is 69.3 Å². The van der Waals surface area contributed by atoms with Crippen molar-refractivity contribution in [2.45, 2.75) is 57.2 Å². The van der Waals surface area contributed by atoms with Crippen molar-refractivity contribution >= 4 is 18.1 Å². The molecule has 1 unspecified atom stereocenters. The zero-order chi connectivity index (χ0) is 28.3. The molecule has 1 aliphatic carbocycles. The van der Waals surface area contributed by atoms with Gasteiger partial charge >= 0.3 is 5.97 Å². The highest BCUT2D eigenvalue weighted by molar-refractivity contribution is 5.85. The molecule has 14 heteroatoms. The van der Waals surface area contributed by atoms with E-state index < -0.39 is 29.9 Å². The van der Waals surface area contributed by atoms with Gasteiger partial charge in [0, 0.05) is 50.3 Å². The smallest absolute Gasteiger partial charge is 0.353 e. The van der Waals surface area contributed by atoms with E-state index in [1.165, 1.54) is 0 Å². The lowest BCUT2D eigenvalue weighted by atomic mass is 9.91. The molecule has 1 atom stereocenters. The average Bonchev–Trinajstić information content (AvgIpc) is 2.82. The molecule has 0 aliphatic heterocycles. The van der Waals surface area contributed by atoms with E-state index in [1.54, 1.807) is 38.2 Å². The minimum absolute atomic E-state index is 0.157. The average molecular weight is 540 g/mol. The molecule has 0 spiro atoms. The van der Waals surface area contributed by atoms with Gasteiger partial charge in [-0.1, -0.05) is 0 Å². The maximum Gasteiger partial charge on any atom is 0.353 e. The zero-order valence-corrected chi connectivity index (χ0v) is 21.1. The van der Waals surface area contributed by atoms with Crippen molar-refractivity contribution in [2.75, 3.05) is 18.9 Å². The number of aryl methyl sites for hydroxylation is 2. The molecule has 1 fully saturated rings. The second-order valence-electron chi connectivity index (χ2n) is 8.69. The molecule has 208 valence electrons. The number of halogens is 3. The van der Waals surface area contributed by atoms with E-state index in [-0.39, 0.29) is 32.2 Å². The Labute approximate surface area is 218 Å². The van der Waals surface area contributed by atoms with Crippen LogP contribution >= 0.6 is 0 Å². The summed E-state index contributed by atoms with van der Waals surface area (Å²) in [7, 11) is 1.73. The highest BCUT2D eigenvalue weighted by Crippen LogP contribution is 2.39. The monoisotopic (exact) mass is 539 g/mol. The summed E-state index contributed by atoms with van der Waals surface area (Å²) in [4.78, 5) is 25.0. The second-order valence-corrected chi connectivity index (χ2v) is 8.69. The van der Waals surface area contributed by atoms with E-state index in [0.29, 0.717) is 35.1 Å². The third-order valence-electron chi connectivity index (χ3n) is 5.28. The van der Waals surface area contributed by atoms with Gasteiger partial charge in [-0.2, -0.15) is 5.10 Å². The lowest BCUT2D eigenvalue weighted by Crippen LogP contribution is -2.43. The van der Waals surface area contributed by atoms with Gasteiger partial charge in [0.1, 0.15) is 35.8 Å². The Morgan fingerprint density at radius 2 is 2.03 bits per heavy atom. The third kappa shape index (κ3) is 10.6. The first-order valence-corrected chi connectivity index (χ1v) is 11.7. The molecule has 0 amide bonds. The van der Waals surface area contributed by atoms with Crippen molar-refractivity contribution in [1.29, 1.82) is 0 Å². The molecule has 0 radical (unpaired) electrons. The van der Waals surface area contributed by atoms with Crippen LogP contribution in [0.25, 0.3) is 0 Å². The topological polar surface area (TPSA) is 170 Å². The number of aliphatic carboxylic acids is 1. The number of pyridine rings is 1. The molecule has 0 saturated heterocycles. The van der Waals surface area contributed by atoms with E-state index in [0.717, 1.165) is 17.5 Å². The summed E-state index contributed by atoms with van der Waals surface area (Å²) in [5.74, 6) is 2.71. The van der Waals surface area contributed by atoms with Gasteiger partial charge in [-0.15, -0.1) is 5.10 Å². The summed E-state index contributed by atoms with van der Waals surface area (Å²) < 4.78 is 44.4. The van der Waals surface area contributed by atoms with Gasteiger partial charge in [0.05, 0.1) is 17.9 Å². The molecular formula is C24H32F3N7O4. The number of rotatable bonds is 12. The quantitative estimate of drug-likeness (QED) is 0.135. The summed E-state index contributed by atoms with van der Waals surface area (Å²) in [6.45, 7) is 1.62. The van der Waals surface area contributed by atoms with Gasteiger partial charge in [-0.3, -0.25) is 4.98 Å². The minimum Gasteiger partial charge on any atom is -0.490 e. The SMILES string of the molecule is CNc1ccc(CCC(F)CN(N)/C=C(\N)C(=O)O)nn1.Cc1cc(OC2CC(F)(F)C2)cc(CC=O)n1. The first kappa shape index (κ1) is 30.3. The van der Waals surface area contributed by atoms with Gasteiger partial charge < -0.3 is 30.7 Å². The number of aromatic nitrogens is 3. The highest BCUT2D eigenvalue weighted by Gasteiger charge is 2.47. The number of nitrogens with zero attached hydrogens (tertiary/aromatic N) is 4. The van der Waals surface area contributed by atoms with Crippen LogP contribution in [0.4, 0.5) is 19.0 Å². The van der Waals surface area contributed by atoms with E-state index in [1.807, 2.05) is 0 Å². The van der Waals surface area contributed by atoms with Crippen LogP contribution in [0, 0.1) is 6.92 Å². The van der Waals surface area contributed by atoms with Gasteiger partial charge in [-0.25, -0.2) is 23.8 Å². The fraction of sp³-hybridized carbons (Fsp3) is 0.458. The van der Waals surface area contributed by atoms with Crippen LogP contribution in [0.1, 0.15) is 36.3 Å². The van der Waals surface area contributed by atoms with E-state index in [4.69, 9.17) is 21.4 Å². The molecule has 11 nitrogen and oxygen atoms in total. The maximum atomic E-state index is 13.7. The number of hydrogen-bond donors (Lipinski definition) is 4. The van der Waals surface area contributed by atoms with Gasteiger partial charge in [-0.05, 0) is 31.9 Å². The molecule has 2 heterocycles. The fourth-order valence-electron chi connectivity index (χ4n) is 3.38. The Morgan fingerprint density at radius 3 is 2.58 bits per heavy atom. The molecule has 0 bridgehead atoms. The van der Waals surface area contributed by atoms with Crippen LogP contribution in [0.15, 0.2) is 36.2 Å². The third-order valence-corrected chi connectivity index (χ3v) is 5.28. The van der Waals surface area contributed by atoms with Crippen molar-refractivity contribution in [1.82, 2.24) is 20.2 Å². The lowest BCUT2D eigenvalue weighted by molar-refractivity contribution is -0.134. The summed E-state index contributed by atoms with van der Waals surface area (Å²) in [6, 6.07) is 6.82. The predicted octanol–water partition coefficient (Wildman–Crippen LogP) is 2.16. The van der Waals surface area contributed by atoms with Crippen LogP contribution < -0.4 is 21.6 Å². The van der Waals surface area contributed by atoms with Crippen molar-refractivity contribution in [3.05, 3.63) is 53.2 Å². The number of aldehydes is 1. The summed E-state index contributed by atoms with van der Waals surface area (Å²) in [6.07, 6.45) is 0.397. The number of carbonyl (C=O) groups is 2. The van der Waals surface area contributed by atoms with Gasteiger partial charge in [0.15, 0.2) is 0 Å². The number of carboxylic acid groups (broad SMARTS) is 1. The number of hydrogen-bond acceptors (Lipinski definition) is 10. The van der Waals surface area contributed by atoms with Crippen LogP contribution in [0.3, 0.4) is 0 Å². The van der Waals surface area contributed by atoms with E-state index in [2.05, 4.69) is 20.5 Å². The van der Waals surface area contributed by atoms with Crippen molar-refractivity contribution in [3.63, 3.8) is 0 Å². The van der Waals surface area contributed by atoms with Crippen LogP contribution in [0.5, 0.6) is 5.75 Å². The maximum absolute atomic E-state index is 13.7. The highest BCUT2D eigenvalue weighted by atomic mass is 19.3. The molecule has 1 aliphatic rings. The standard InChI is InChI=1S/C12H13F2NO2.C12H19FN6O2/c1-8-4-10(5-9(15-8)2-3-16)17-11-6-12(13,14)7-11;1-16-11-5-4-9(17-18-11)3-2-8(13)6-19(15)7-10(14)12(20)21/h3-5,11H,2,6-7H2,1H3;4-5,7-8H,2-3,6,14-15H2,1H3,(H,16,18)(H,20,21)/b;10-7-. The Bertz CT molecular complexity index is 1090. The fourth-order valence-corrected chi connectivity index (χ4v) is 3.38. The molecule has 2 aromatic heterocycles. The Hall–Kier alpha value is -3.94. The Kier molecular flexibility index (Phi) is 11.3. The molecule has 3 rings (SSSR count). The number of alkyl halides is 3. The second kappa shape index (κ2) is 14.1. The first-order chi connectivity index (χ1) is 17.9. The van der Waals surface area contributed by atoms with Crippen molar-refractivity contribution in [3.8, 4) is 5.75 Å². The van der Waals surface area contributed by atoms with Crippen molar-refractivity contribution < 1.29 is 32.6 Å². The molecule has 0 aromatic carbocycles. The number of anilines is 1. The Morgan fingerprint density at radius 1 is 1.32 bits per heavy atom. The molecule has 6 N–H and O–H groups in total. The lowest BCUT2D eigenvalue weighted by Gasteiger charge is -2.34. The largest absolute Gasteiger partial charge is 0.490 e. The first-order valence-electron chi connectivity index (χ1n) is 11.7. The number of carboxylic acids is 1. The van der Waals surface area contributed by atoms with E-state index in [9.17, 15) is 22.8 Å². The molecule has 2 aromatic rings. The van der Waals surface area contributed by atoms with Crippen molar-refractivity contribution in [2.24, 2.45) is 11.6 Å². The number of ether oxygens (including phenoxy) is 1. The summed E-state index contributed by atoms with van der Waals surface area (Å²) >= 11 is 0.